The van der Waals surface area contributed by atoms with Crippen LogP contribution in [0.5, 0.6) is 0 Å². The van der Waals surface area contributed by atoms with E-state index >= 15 is 0 Å². The Bertz CT molecular complexity index is 432. The third-order valence-electron chi connectivity index (χ3n) is 3.18. The van der Waals surface area contributed by atoms with Crippen molar-refractivity contribution >= 4 is 5.69 Å². The molecule has 6 heteroatoms. The van der Waals surface area contributed by atoms with Gasteiger partial charge in [-0.2, -0.15) is 13.2 Å². The maximum atomic E-state index is 13.9. The second-order valence-electron chi connectivity index (χ2n) is 4.94. The fourth-order valence-electron chi connectivity index (χ4n) is 1.85. The van der Waals surface area contributed by atoms with Gasteiger partial charge in [-0.3, -0.25) is 0 Å². The van der Waals surface area contributed by atoms with Crippen LogP contribution in [-0.4, -0.2) is 25.8 Å². The van der Waals surface area contributed by atoms with Gasteiger partial charge < -0.3 is 10.6 Å². The summed E-state index contributed by atoms with van der Waals surface area (Å²) in [6.45, 7) is 1.68. The highest BCUT2D eigenvalue weighted by Gasteiger charge is 2.27. The van der Waals surface area contributed by atoms with Gasteiger partial charge in [-0.1, -0.05) is 13.0 Å². The van der Waals surface area contributed by atoms with Crippen LogP contribution in [0.4, 0.5) is 23.2 Å². The molecule has 0 radical (unpaired) electrons. The van der Waals surface area contributed by atoms with Crippen LogP contribution in [0.25, 0.3) is 0 Å². The van der Waals surface area contributed by atoms with Crippen molar-refractivity contribution in [1.82, 2.24) is 0 Å². The van der Waals surface area contributed by atoms with Crippen molar-refractivity contribution < 1.29 is 17.6 Å². The summed E-state index contributed by atoms with van der Waals surface area (Å²) < 4.78 is 50.3. The van der Waals surface area contributed by atoms with Crippen LogP contribution in [0.15, 0.2) is 18.2 Å². The van der Waals surface area contributed by atoms with Crippen molar-refractivity contribution in [2.24, 2.45) is 5.73 Å². The summed E-state index contributed by atoms with van der Waals surface area (Å²) in [4.78, 5) is 1.27. The number of nitrogens with two attached hydrogens (primary N) is 1. The highest BCUT2D eigenvalue weighted by atomic mass is 19.4. The second kappa shape index (κ2) is 6.92. The minimum Gasteiger partial charge on any atom is -0.372 e. The number of benzene rings is 1. The highest BCUT2D eigenvalue weighted by Crippen LogP contribution is 2.24. The first-order chi connectivity index (χ1) is 9.23. The molecule has 0 amide bonds. The molecule has 2 N–H and O–H groups in total. The molecule has 1 unspecified atom stereocenters. The van der Waals surface area contributed by atoms with E-state index in [9.17, 15) is 17.6 Å². The molecule has 114 valence electrons. The van der Waals surface area contributed by atoms with Gasteiger partial charge in [0, 0.05) is 19.6 Å². The maximum absolute atomic E-state index is 13.9. The van der Waals surface area contributed by atoms with Crippen LogP contribution >= 0.6 is 0 Å². The monoisotopic (exact) mass is 292 g/mol. The van der Waals surface area contributed by atoms with Gasteiger partial charge in [0.2, 0.25) is 0 Å². The van der Waals surface area contributed by atoms with E-state index in [1.807, 2.05) is 6.92 Å². The number of nitrogens with zero attached hydrogens (tertiary/aromatic N) is 1. The van der Waals surface area contributed by atoms with Crippen molar-refractivity contribution in [2.45, 2.75) is 38.4 Å². The Labute approximate surface area is 116 Å². The Balaban J connectivity index is 2.72. The molecule has 1 aromatic carbocycles. The molecular weight excluding hydrogens is 272 g/mol. The summed E-state index contributed by atoms with van der Waals surface area (Å²) in [6.07, 6.45) is -3.86. The topological polar surface area (TPSA) is 29.3 Å². The number of anilines is 1. The molecule has 1 atom stereocenters. The van der Waals surface area contributed by atoms with Gasteiger partial charge in [0.1, 0.15) is 5.82 Å². The summed E-state index contributed by atoms with van der Waals surface area (Å²) in [7, 11) is 1.45. The zero-order valence-electron chi connectivity index (χ0n) is 11.7. The molecule has 0 aliphatic heterocycles. The Kier molecular flexibility index (Phi) is 5.80. The number of hydrogen-bond donors (Lipinski definition) is 1. The van der Waals surface area contributed by atoms with Crippen molar-refractivity contribution in [3.8, 4) is 0 Å². The summed E-state index contributed by atoms with van der Waals surface area (Å²) in [6, 6.07) is 4.51. The average molecular weight is 292 g/mol. The third kappa shape index (κ3) is 5.36. The molecule has 0 fully saturated rings. The quantitative estimate of drug-likeness (QED) is 0.813. The summed E-state index contributed by atoms with van der Waals surface area (Å²) >= 11 is 0. The normalized spacial score (nSPS) is 13.3. The summed E-state index contributed by atoms with van der Waals surface area (Å²) in [5, 5.41) is 0. The van der Waals surface area contributed by atoms with E-state index in [1.165, 1.54) is 24.1 Å². The van der Waals surface area contributed by atoms with Gasteiger partial charge in [-0.25, -0.2) is 4.39 Å². The SMILES string of the molecule is CCC(N)Cc1ccc(N(C)CCC(F)(F)F)c(F)c1. The van der Waals surface area contributed by atoms with E-state index in [2.05, 4.69) is 0 Å². The van der Waals surface area contributed by atoms with Crippen LogP contribution in [-0.2, 0) is 6.42 Å². The predicted octanol–water partition coefficient (Wildman–Crippen LogP) is 3.49. The predicted molar refractivity (Wildman–Crippen MR) is 72.3 cm³/mol. The van der Waals surface area contributed by atoms with Crippen molar-refractivity contribution in [1.29, 1.82) is 0 Å². The largest absolute Gasteiger partial charge is 0.390 e. The van der Waals surface area contributed by atoms with E-state index in [1.54, 1.807) is 6.07 Å². The lowest BCUT2D eigenvalue weighted by Gasteiger charge is -2.21. The summed E-state index contributed by atoms with van der Waals surface area (Å²) in [5.41, 5.74) is 6.71. The van der Waals surface area contributed by atoms with Gasteiger partial charge in [0.05, 0.1) is 12.1 Å². The second-order valence-corrected chi connectivity index (χ2v) is 4.94. The Morgan fingerprint density at radius 1 is 1.30 bits per heavy atom. The minimum atomic E-state index is -4.24. The van der Waals surface area contributed by atoms with Crippen LogP contribution < -0.4 is 10.6 Å². The zero-order valence-corrected chi connectivity index (χ0v) is 11.7. The van der Waals surface area contributed by atoms with Crippen molar-refractivity contribution in [2.75, 3.05) is 18.5 Å². The molecular formula is C14H20F4N2. The fourth-order valence-corrected chi connectivity index (χ4v) is 1.85. The number of hydrogen-bond acceptors (Lipinski definition) is 2. The zero-order chi connectivity index (χ0) is 15.3. The van der Waals surface area contributed by atoms with E-state index in [4.69, 9.17) is 5.73 Å². The van der Waals surface area contributed by atoms with Gasteiger partial charge in [0.25, 0.3) is 0 Å². The highest BCUT2D eigenvalue weighted by molar-refractivity contribution is 5.48. The van der Waals surface area contributed by atoms with E-state index in [0.717, 1.165) is 12.0 Å². The molecule has 0 aliphatic carbocycles. The van der Waals surface area contributed by atoms with Gasteiger partial charge >= 0.3 is 6.18 Å². The van der Waals surface area contributed by atoms with Crippen LogP contribution in [0.3, 0.4) is 0 Å². The smallest absolute Gasteiger partial charge is 0.372 e. The Morgan fingerprint density at radius 3 is 2.45 bits per heavy atom. The van der Waals surface area contributed by atoms with Gasteiger partial charge in [0.15, 0.2) is 0 Å². The maximum Gasteiger partial charge on any atom is 0.390 e. The van der Waals surface area contributed by atoms with E-state index in [0.29, 0.717) is 6.42 Å². The molecule has 0 spiro atoms. The lowest BCUT2D eigenvalue weighted by atomic mass is 10.0. The molecule has 0 aliphatic rings. The van der Waals surface area contributed by atoms with Crippen molar-refractivity contribution in [3.05, 3.63) is 29.6 Å². The van der Waals surface area contributed by atoms with Crippen LogP contribution in [0, 0.1) is 5.82 Å². The summed E-state index contributed by atoms with van der Waals surface area (Å²) in [5.74, 6) is -0.518. The Morgan fingerprint density at radius 2 is 1.95 bits per heavy atom. The van der Waals surface area contributed by atoms with Gasteiger partial charge in [-0.05, 0) is 30.5 Å². The molecule has 0 saturated heterocycles. The average Bonchev–Trinajstić information content (AvgIpc) is 2.35. The first kappa shape index (κ1) is 16.8. The fraction of sp³-hybridized carbons (Fsp3) is 0.571. The third-order valence-corrected chi connectivity index (χ3v) is 3.18. The van der Waals surface area contributed by atoms with Gasteiger partial charge in [-0.15, -0.1) is 0 Å². The van der Waals surface area contributed by atoms with Crippen molar-refractivity contribution in [3.63, 3.8) is 0 Å². The molecule has 0 aromatic heterocycles. The Hall–Kier alpha value is -1.30. The molecule has 2 nitrogen and oxygen atoms in total. The lowest BCUT2D eigenvalue weighted by Crippen LogP contribution is -2.25. The van der Waals surface area contributed by atoms with Crippen LogP contribution in [0.2, 0.25) is 0 Å². The van der Waals surface area contributed by atoms with E-state index in [-0.39, 0.29) is 18.3 Å². The standard InChI is InChI=1S/C14H20F4N2/c1-3-11(19)8-10-4-5-13(12(15)9-10)20(2)7-6-14(16,17)18/h4-5,9,11H,3,6-8,19H2,1-2H3. The van der Waals surface area contributed by atoms with E-state index < -0.39 is 18.4 Å². The first-order valence-corrected chi connectivity index (χ1v) is 6.55. The molecule has 1 rings (SSSR count). The van der Waals surface area contributed by atoms with Crippen LogP contribution in [0.1, 0.15) is 25.3 Å². The minimum absolute atomic E-state index is 0.0387. The number of halogens is 4. The first-order valence-electron chi connectivity index (χ1n) is 6.55. The lowest BCUT2D eigenvalue weighted by molar-refractivity contribution is -0.132. The molecule has 0 saturated carbocycles. The number of alkyl halides is 3. The molecule has 1 aromatic rings. The molecule has 20 heavy (non-hydrogen) atoms. The number of rotatable bonds is 6. The molecule has 0 bridgehead atoms. The molecule has 0 heterocycles.